The number of methoxy groups -OCH3 is 1. The summed E-state index contributed by atoms with van der Waals surface area (Å²) in [7, 11) is 1.38. The Morgan fingerprint density at radius 3 is 2.70 bits per heavy atom. The van der Waals surface area contributed by atoms with Crippen LogP contribution < -0.4 is 4.90 Å². The molecule has 0 unspecified atom stereocenters. The highest BCUT2D eigenvalue weighted by Crippen LogP contribution is 2.43. The first-order valence-electron chi connectivity index (χ1n) is 13.8. The van der Waals surface area contributed by atoms with Crippen molar-refractivity contribution < 1.29 is 18.7 Å². The van der Waals surface area contributed by atoms with Crippen molar-refractivity contribution in [1.29, 1.82) is 0 Å². The van der Waals surface area contributed by atoms with Crippen molar-refractivity contribution in [1.82, 2.24) is 19.3 Å². The van der Waals surface area contributed by atoms with Gasteiger partial charge >= 0.3 is 5.97 Å². The van der Waals surface area contributed by atoms with Crippen LogP contribution in [0.1, 0.15) is 64.5 Å². The largest absolute Gasteiger partial charge is 0.469 e. The Labute approximate surface area is 235 Å². The molecule has 10 heteroatoms. The molecule has 0 bridgehead atoms. The standard InChI is InChI=1S/C30H30FN5O3S/c1-17-21-9-12-40-25(21)8-11-36(17)29(37)20-13-23(18-3-4-18)28-32-24(16-35(28)15-20)22-5-6-26(33-27(22)31)34-10-7-19(14-34)30(38)39-2/h5-6,9,12-13,15-19H,3-4,7-8,10-11,14H2,1-2H3/t17-,19+/m1/s1. The number of carbonyl (C=O) groups is 2. The summed E-state index contributed by atoms with van der Waals surface area (Å²) in [6.07, 6.45) is 7.25. The molecule has 4 aromatic heterocycles. The van der Waals surface area contributed by atoms with Crippen LogP contribution in [0.3, 0.4) is 0 Å². The predicted molar refractivity (Wildman–Crippen MR) is 150 cm³/mol. The molecule has 0 radical (unpaired) electrons. The monoisotopic (exact) mass is 559 g/mol. The molecule has 1 saturated carbocycles. The van der Waals surface area contributed by atoms with Gasteiger partial charge in [-0.1, -0.05) is 0 Å². The van der Waals surface area contributed by atoms with Crippen molar-refractivity contribution in [2.75, 3.05) is 31.6 Å². The number of fused-ring (bicyclic) bond motifs is 2. The SMILES string of the molecule is COC(=O)[C@H]1CCN(c2ccc(-c3cn4cc(C(=O)N5CCc6sccc6[C@H]5C)cc(C5CC5)c4n3)c(F)n2)C1. The van der Waals surface area contributed by atoms with E-state index in [1.165, 1.54) is 17.6 Å². The third-order valence-electron chi connectivity index (χ3n) is 8.54. The maximum absolute atomic E-state index is 15.4. The van der Waals surface area contributed by atoms with Crippen LogP contribution in [-0.2, 0) is 16.0 Å². The van der Waals surface area contributed by atoms with Crippen molar-refractivity contribution in [2.45, 2.75) is 44.6 Å². The van der Waals surface area contributed by atoms with Crippen molar-refractivity contribution in [3.05, 3.63) is 69.6 Å². The lowest BCUT2D eigenvalue weighted by Gasteiger charge is -2.33. The number of aromatic nitrogens is 3. The number of amides is 1. The second kappa shape index (κ2) is 9.69. The first-order valence-corrected chi connectivity index (χ1v) is 14.7. The maximum atomic E-state index is 15.4. The van der Waals surface area contributed by atoms with Crippen LogP contribution in [0.2, 0.25) is 0 Å². The van der Waals surface area contributed by atoms with Gasteiger partial charge in [0.1, 0.15) is 11.5 Å². The molecule has 0 N–H and O–H groups in total. The van der Waals surface area contributed by atoms with Crippen LogP contribution in [0.4, 0.5) is 10.2 Å². The molecular weight excluding hydrogens is 529 g/mol. The lowest BCUT2D eigenvalue weighted by molar-refractivity contribution is -0.144. The molecule has 1 aliphatic carbocycles. The normalized spacial score (nSPS) is 20.7. The quantitative estimate of drug-likeness (QED) is 0.246. The van der Waals surface area contributed by atoms with Crippen molar-refractivity contribution >= 4 is 34.7 Å². The topological polar surface area (TPSA) is 80.0 Å². The molecule has 8 nitrogen and oxygen atoms in total. The number of ether oxygens (including phenoxy) is 1. The number of esters is 1. The van der Waals surface area contributed by atoms with E-state index in [1.807, 2.05) is 26.5 Å². The highest BCUT2D eigenvalue weighted by molar-refractivity contribution is 7.10. The number of halogens is 1. The fraction of sp³-hybridized carbons (Fsp3) is 0.400. The molecule has 3 aliphatic rings. The predicted octanol–water partition coefficient (Wildman–Crippen LogP) is 5.23. The summed E-state index contributed by atoms with van der Waals surface area (Å²) in [6, 6.07) is 7.61. The number of nitrogens with zero attached hydrogens (tertiary/aromatic N) is 5. The van der Waals surface area contributed by atoms with E-state index in [1.54, 1.807) is 29.7 Å². The fourth-order valence-corrected chi connectivity index (χ4v) is 7.10. The molecule has 0 spiro atoms. The molecule has 206 valence electrons. The van der Waals surface area contributed by atoms with E-state index in [9.17, 15) is 9.59 Å². The Kier molecular flexibility index (Phi) is 6.10. The molecule has 0 aromatic carbocycles. The van der Waals surface area contributed by atoms with Crippen LogP contribution in [0.25, 0.3) is 16.9 Å². The van der Waals surface area contributed by atoms with E-state index in [0.29, 0.717) is 54.6 Å². The summed E-state index contributed by atoms with van der Waals surface area (Å²) in [5, 5.41) is 2.10. The van der Waals surface area contributed by atoms with Gasteiger partial charge in [0, 0.05) is 36.9 Å². The number of hydrogen-bond acceptors (Lipinski definition) is 7. The van der Waals surface area contributed by atoms with E-state index >= 15 is 4.39 Å². The van der Waals surface area contributed by atoms with E-state index in [-0.39, 0.29) is 23.8 Å². The Hall–Kier alpha value is -3.79. The zero-order chi connectivity index (χ0) is 27.5. The number of pyridine rings is 2. The van der Waals surface area contributed by atoms with Crippen LogP contribution in [0.15, 0.2) is 42.0 Å². The molecule has 2 aliphatic heterocycles. The summed E-state index contributed by atoms with van der Waals surface area (Å²) in [5.41, 5.74) is 4.44. The van der Waals surface area contributed by atoms with Gasteiger partial charge in [-0.15, -0.1) is 11.3 Å². The average Bonchev–Trinajstić information content (AvgIpc) is 3.32. The third kappa shape index (κ3) is 4.25. The minimum absolute atomic E-state index is 0.0106. The van der Waals surface area contributed by atoms with Gasteiger partial charge < -0.3 is 18.9 Å². The maximum Gasteiger partial charge on any atom is 0.310 e. The average molecular weight is 560 g/mol. The van der Waals surface area contributed by atoms with Crippen molar-refractivity contribution in [2.24, 2.45) is 5.92 Å². The molecule has 7 rings (SSSR count). The van der Waals surface area contributed by atoms with Gasteiger partial charge in [-0.25, -0.2) is 9.97 Å². The molecule has 2 fully saturated rings. The molecule has 1 saturated heterocycles. The van der Waals surface area contributed by atoms with Gasteiger partial charge in [0.05, 0.1) is 35.9 Å². The van der Waals surface area contributed by atoms with Gasteiger partial charge in [0.2, 0.25) is 5.95 Å². The zero-order valence-electron chi connectivity index (χ0n) is 22.5. The second-order valence-corrected chi connectivity index (χ2v) is 12.0. The second-order valence-electron chi connectivity index (χ2n) is 11.0. The van der Waals surface area contributed by atoms with Gasteiger partial charge in [-0.3, -0.25) is 9.59 Å². The Bertz CT molecular complexity index is 1640. The Balaban J connectivity index is 1.19. The Morgan fingerprint density at radius 2 is 1.93 bits per heavy atom. The van der Waals surface area contributed by atoms with Gasteiger partial charge in [-0.05, 0) is 79.3 Å². The Morgan fingerprint density at radius 1 is 1.07 bits per heavy atom. The molecule has 2 atom stereocenters. The number of thiophene rings is 1. The summed E-state index contributed by atoms with van der Waals surface area (Å²) in [4.78, 5) is 39.9. The van der Waals surface area contributed by atoms with E-state index in [4.69, 9.17) is 9.72 Å². The van der Waals surface area contributed by atoms with Gasteiger partial charge in [0.15, 0.2) is 0 Å². The molecular formula is C30H30FN5O3S. The lowest BCUT2D eigenvalue weighted by atomic mass is 10.00. The minimum Gasteiger partial charge on any atom is -0.469 e. The molecule has 40 heavy (non-hydrogen) atoms. The van der Waals surface area contributed by atoms with E-state index in [0.717, 1.165) is 30.5 Å². The molecule has 6 heterocycles. The smallest absolute Gasteiger partial charge is 0.310 e. The van der Waals surface area contributed by atoms with Crippen LogP contribution >= 0.6 is 11.3 Å². The fourth-order valence-electron chi connectivity index (χ4n) is 6.14. The molecule has 4 aromatic rings. The number of rotatable bonds is 5. The van der Waals surface area contributed by atoms with Gasteiger partial charge in [-0.2, -0.15) is 4.39 Å². The number of hydrogen-bond donors (Lipinski definition) is 0. The number of carbonyl (C=O) groups excluding carboxylic acids is 2. The van der Waals surface area contributed by atoms with Gasteiger partial charge in [0.25, 0.3) is 5.91 Å². The van der Waals surface area contributed by atoms with Crippen molar-refractivity contribution in [3.63, 3.8) is 0 Å². The third-order valence-corrected chi connectivity index (χ3v) is 9.54. The molecule has 1 amide bonds. The van der Waals surface area contributed by atoms with Crippen LogP contribution in [0, 0.1) is 11.9 Å². The van der Waals surface area contributed by atoms with Crippen LogP contribution in [0.5, 0.6) is 0 Å². The zero-order valence-corrected chi connectivity index (χ0v) is 23.3. The number of anilines is 1. The van der Waals surface area contributed by atoms with E-state index < -0.39 is 5.95 Å². The summed E-state index contributed by atoms with van der Waals surface area (Å²) < 4.78 is 22.1. The first-order chi connectivity index (χ1) is 19.4. The van der Waals surface area contributed by atoms with Crippen molar-refractivity contribution in [3.8, 4) is 11.3 Å². The summed E-state index contributed by atoms with van der Waals surface area (Å²) in [6.45, 7) is 3.86. The highest BCUT2D eigenvalue weighted by Gasteiger charge is 2.33. The minimum atomic E-state index is -0.611. The summed E-state index contributed by atoms with van der Waals surface area (Å²) >= 11 is 1.76. The number of imidazole rings is 1. The first kappa shape index (κ1) is 25.2. The summed E-state index contributed by atoms with van der Waals surface area (Å²) in [5.74, 6) is -0.231. The lowest BCUT2D eigenvalue weighted by Crippen LogP contribution is -2.38. The van der Waals surface area contributed by atoms with E-state index in [2.05, 4.69) is 23.4 Å². The van der Waals surface area contributed by atoms with Crippen LogP contribution in [-0.4, -0.2) is 57.9 Å². The highest BCUT2D eigenvalue weighted by atomic mass is 32.1.